The summed E-state index contributed by atoms with van der Waals surface area (Å²) < 4.78 is 6.05. The molecule has 0 aromatic heterocycles. The zero-order valence-electron chi connectivity index (χ0n) is 14.2. The molecule has 20 heavy (non-hydrogen) atoms. The van der Waals surface area contributed by atoms with Crippen LogP contribution >= 0.6 is 0 Å². The van der Waals surface area contributed by atoms with E-state index in [0.29, 0.717) is 23.0 Å². The van der Waals surface area contributed by atoms with Crippen LogP contribution in [-0.2, 0) is 28.7 Å². The molecule has 0 aromatic rings. The van der Waals surface area contributed by atoms with Gasteiger partial charge >= 0.3 is 0 Å². The quantitative estimate of drug-likeness (QED) is 0.313. The minimum Gasteiger partial charge on any atom is -1.00 e. The number of carbonyl (C=O) groups is 1. The van der Waals surface area contributed by atoms with Crippen LogP contribution in [0.5, 0.6) is 0 Å². The van der Waals surface area contributed by atoms with Crippen molar-refractivity contribution in [3.8, 4) is 0 Å². The standard InChI is InChI=1S/C15H31O2Si.HI.Zn/c1-8-9-10-11-15(16)17-18(12(2)3,13(4)5)14(6)7;;/h12-14H,1,8-11H2,2-7H3;1H;/p-1. The van der Waals surface area contributed by atoms with E-state index >= 15 is 0 Å². The molecule has 0 aliphatic heterocycles. The fourth-order valence-corrected chi connectivity index (χ4v) is 8.25. The normalized spacial score (nSPS) is 11.3. The SMILES string of the molecule is [CH2]CCCCC(=O)O[Si](C(C)C)(C(C)C)C(C)C.[I-].[Zn]. The van der Waals surface area contributed by atoms with Crippen LogP contribution in [0.1, 0.15) is 67.2 Å². The number of rotatable bonds is 8. The third-order valence-electron chi connectivity index (χ3n) is 3.88. The van der Waals surface area contributed by atoms with Crippen molar-refractivity contribution in [2.75, 3.05) is 0 Å². The molecule has 0 bridgehead atoms. The summed E-state index contributed by atoms with van der Waals surface area (Å²) in [5.41, 5.74) is 1.40. The molecule has 0 N–H and O–H groups in total. The Labute approximate surface area is 157 Å². The molecule has 0 atom stereocenters. The van der Waals surface area contributed by atoms with Crippen LogP contribution in [0, 0.1) is 6.92 Å². The van der Waals surface area contributed by atoms with E-state index < -0.39 is 8.32 Å². The average molecular weight is 464 g/mol. The Morgan fingerprint density at radius 2 is 1.40 bits per heavy atom. The first-order chi connectivity index (χ1) is 8.28. The first-order valence-electron chi connectivity index (χ1n) is 7.30. The van der Waals surface area contributed by atoms with E-state index in [1.165, 1.54) is 0 Å². The Morgan fingerprint density at radius 3 is 1.70 bits per heavy atom. The van der Waals surface area contributed by atoms with Gasteiger partial charge in [0.2, 0.25) is 0 Å². The van der Waals surface area contributed by atoms with Gasteiger partial charge in [0.05, 0.1) is 0 Å². The maximum absolute atomic E-state index is 12.0. The van der Waals surface area contributed by atoms with E-state index in [1.807, 2.05) is 0 Å². The van der Waals surface area contributed by atoms with Gasteiger partial charge in [-0.05, 0) is 23.0 Å². The molecule has 0 spiro atoms. The summed E-state index contributed by atoms with van der Waals surface area (Å²) in [6.45, 7) is 17.0. The fourth-order valence-electron chi connectivity index (χ4n) is 3.05. The topological polar surface area (TPSA) is 26.3 Å². The zero-order chi connectivity index (χ0) is 14.3. The molecule has 0 heterocycles. The second kappa shape index (κ2) is 12.6. The summed E-state index contributed by atoms with van der Waals surface area (Å²) in [4.78, 5) is 12.0. The maximum atomic E-state index is 12.0. The van der Waals surface area contributed by atoms with E-state index in [2.05, 4.69) is 48.5 Å². The zero-order valence-corrected chi connectivity index (χ0v) is 20.3. The Hall–Kier alpha value is 1.04. The summed E-state index contributed by atoms with van der Waals surface area (Å²) >= 11 is 0. The van der Waals surface area contributed by atoms with Gasteiger partial charge in [0.15, 0.2) is 0 Å². The van der Waals surface area contributed by atoms with Crippen molar-refractivity contribution in [3.05, 3.63) is 6.92 Å². The second-order valence-electron chi connectivity index (χ2n) is 6.10. The van der Waals surface area contributed by atoms with E-state index in [0.717, 1.165) is 19.3 Å². The molecule has 5 heteroatoms. The van der Waals surface area contributed by atoms with Crippen LogP contribution < -0.4 is 24.0 Å². The van der Waals surface area contributed by atoms with E-state index in [9.17, 15) is 4.79 Å². The average Bonchev–Trinajstić information content (AvgIpc) is 2.24. The Bertz CT molecular complexity index is 236. The summed E-state index contributed by atoms with van der Waals surface area (Å²) in [7, 11) is -2.02. The number of hydrogen-bond acceptors (Lipinski definition) is 2. The summed E-state index contributed by atoms with van der Waals surface area (Å²) in [6, 6.07) is 0. The largest absolute Gasteiger partial charge is 1.00 e. The van der Waals surface area contributed by atoms with E-state index in [4.69, 9.17) is 4.43 Å². The number of unbranched alkanes of at least 4 members (excludes halogenated alkanes) is 2. The predicted molar refractivity (Wildman–Crippen MR) is 81.0 cm³/mol. The minimum atomic E-state index is -2.02. The van der Waals surface area contributed by atoms with Gasteiger partial charge in [-0.2, -0.15) is 0 Å². The van der Waals surface area contributed by atoms with Crippen molar-refractivity contribution in [1.29, 1.82) is 0 Å². The third kappa shape index (κ3) is 7.35. The van der Waals surface area contributed by atoms with Gasteiger partial charge in [-0.25, -0.2) is 0 Å². The van der Waals surface area contributed by atoms with Gasteiger partial charge in [0.1, 0.15) is 0 Å². The molecule has 117 valence electrons. The summed E-state index contributed by atoms with van der Waals surface area (Å²) in [5.74, 6) is 0.00576. The van der Waals surface area contributed by atoms with Crippen molar-refractivity contribution in [2.24, 2.45) is 0 Å². The molecule has 0 unspecified atom stereocenters. The fraction of sp³-hybridized carbons (Fsp3) is 0.867. The molecule has 0 fully saturated rings. The van der Waals surface area contributed by atoms with Crippen molar-refractivity contribution in [3.63, 3.8) is 0 Å². The molecule has 0 aromatic carbocycles. The van der Waals surface area contributed by atoms with Crippen LogP contribution in [0.2, 0.25) is 16.6 Å². The van der Waals surface area contributed by atoms with Gasteiger partial charge in [-0.15, -0.1) is 0 Å². The van der Waals surface area contributed by atoms with Crippen LogP contribution in [-0.4, -0.2) is 14.3 Å². The predicted octanol–water partition coefficient (Wildman–Crippen LogP) is 2.10. The first kappa shape index (κ1) is 26.0. The van der Waals surface area contributed by atoms with Crippen molar-refractivity contribution in [1.82, 2.24) is 0 Å². The van der Waals surface area contributed by atoms with Gasteiger partial charge in [-0.3, -0.25) is 4.79 Å². The molecule has 1 radical (unpaired) electrons. The Morgan fingerprint density at radius 1 is 1.00 bits per heavy atom. The Balaban J connectivity index is -0.00000144. The van der Waals surface area contributed by atoms with Crippen molar-refractivity contribution in [2.45, 2.75) is 83.8 Å². The monoisotopic (exact) mass is 462 g/mol. The summed E-state index contributed by atoms with van der Waals surface area (Å²) in [6.07, 6.45) is 3.36. The molecule has 0 amide bonds. The number of hydrogen-bond donors (Lipinski definition) is 0. The van der Waals surface area contributed by atoms with Crippen molar-refractivity contribution < 1.29 is 52.7 Å². The maximum Gasteiger partial charge on any atom is 0.292 e. The Kier molecular flexibility index (Phi) is 16.3. The minimum absolute atomic E-state index is 0. The molecular formula is C15H31IO2SiZn-. The molecular weight excluding hydrogens is 433 g/mol. The number of halogens is 1. The van der Waals surface area contributed by atoms with Crippen LogP contribution in [0.25, 0.3) is 0 Å². The van der Waals surface area contributed by atoms with Crippen LogP contribution in [0.3, 0.4) is 0 Å². The van der Waals surface area contributed by atoms with Gasteiger partial charge in [0, 0.05) is 25.9 Å². The molecule has 0 saturated heterocycles. The van der Waals surface area contributed by atoms with E-state index in [-0.39, 0.29) is 49.4 Å². The van der Waals surface area contributed by atoms with Crippen LogP contribution in [0.15, 0.2) is 0 Å². The van der Waals surface area contributed by atoms with Crippen LogP contribution in [0.4, 0.5) is 0 Å². The van der Waals surface area contributed by atoms with Gasteiger partial charge in [0.25, 0.3) is 14.3 Å². The van der Waals surface area contributed by atoms with Gasteiger partial charge < -0.3 is 28.4 Å². The molecule has 2 nitrogen and oxygen atoms in total. The second-order valence-corrected chi connectivity index (χ2v) is 11.5. The van der Waals surface area contributed by atoms with Crippen molar-refractivity contribution >= 4 is 14.3 Å². The molecule has 0 saturated carbocycles. The molecule has 0 aliphatic carbocycles. The van der Waals surface area contributed by atoms with E-state index in [1.54, 1.807) is 0 Å². The smallest absolute Gasteiger partial charge is 0.292 e. The third-order valence-corrected chi connectivity index (χ3v) is 9.87. The molecule has 0 rings (SSSR count). The summed E-state index contributed by atoms with van der Waals surface area (Å²) in [5, 5.41) is 0. The van der Waals surface area contributed by atoms with Gasteiger partial charge in [-0.1, -0.05) is 61.3 Å². The first-order valence-corrected chi connectivity index (χ1v) is 9.44. The molecule has 0 aliphatic rings. The number of carbonyl (C=O) groups excluding carboxylic acids is 1.